The summed E-state index contributed by atoms with van der Waals surface area (Å²) in [6.07, 6.45) is 1.20. The van der Waals surface area contributed by atoms with Crippen molar-refractivity contribution in [3.8, 4) is 0 Å². The molecule has 1 heterocycles. The number of pyridine rings is 1. The normalized spacial score (nSPS) is 16.9. The topological polar surface area (TPSA) is 24.9 Å². The monoisotopic (exact) mass is 316 g/mol. The maximum Gasteiger partial charge on any atom is 0.253 e. The smallest absolute Gasteiger partial charge is 0.253 e. The Morgan fingerprint density at radius 2 is 1.76 bits per heavy atom. The summed E-state index contributed by atoms with van der Waals surface area (Å²) in [6.45, 7) is 0. The minimum absolute atomic E-state index is 0.442. The maximum atomic E-state index is 13.6. The standard InChI is InChI=1S/C14H9ClF4N2/c15-7-2-3-8-6(5-7)1-4-9(8)20-12-10(16)13(18)21-14(19)11(12)17/h2-3,5,9H,1,4H2,(H,20,21). The van der Waals surface area contributed by atoms with Crippen LogP contribution in [0.5, 0.6) is 0 Å². The van der Waals surface area contributed by atoms with Crippen LogP contribution < -0.4 is 5.32 Å². The number of aromatic nitrogens is 1. The molecule has 0 saturated heterocycles. The van der Waals surface area contributed by atoms with Gasteiger partial charge in [0.05, 0.1) is 6.04 Å². The molecule has 0 spiro atoms. The van der Waals surface area contributed by atoms with Gasteiger partial charge in [0.2, 0.25) is 11.6 Å². The predicted octanol–water partition coefficient (Wildman–Crippen LogP) is 4.39. The summed E-state index contributed by atoms with van der Waals surface area (Å²) < 4.78 is 53.4. The number of halogens is 5. The van der Waals surface area contributed by atoms with E-state index in [1.807, 2.05) is 0 Å². The molecule has 1 aromatic heterocycles. The molecule has 1 aliphatic rings. The first kappa shape index (κ1) is 14.1. The van der Waals surface area contributed by atoms with Crippen LogP contribution in [0.1, 0.15) is 23.6 Å². The van der Waals surface area contributed by atoms with Crippen LogP contribution in [0.25, 0.3) is 0 Å². The zero-order valence-corrected chi connectivity index (χ0v) is 11.3. The lowest BCUT2D eigenvalue weighted by atomic mass is 10.1. The zero-order chi connectivity index (χ0) is 15.1. The van der Waals surface area contributed by atoms with Crippen LogP contribution in [-0.2, 0) is 6.42 Å². The molecule has 7 heteroatoms. The summed E-state index contributed by atoms with van der Waals surface area (Å²) in [7, 11) is 0. The largest absolute Gasteiger partial charge is 0.373 e. The van der Waals surface area contributed by atoms with Crippen LogP contribution in [0.2, 0.25) is 5.02 Å². The molecule has 2 aromatic rings. The van der Waals surface area contributed by atoms with Crippen molar-refractivity contribution in [2.24, 2.45) is 0 Å². The van der Waals surface area contributed by atoms with E-state index in [4.69, 9.17) is 11.6 Å². The number of nitrogens with zero attached hydrogens (tertiary/aromatic N) is 1. The lowest BCUT2D eigenvalue weighted by molar-refractivity contribution is 0.409. The maximum absolute atomic E-state index is 13.6. The number of anilines is 1. The van der Waals surface area contributed by atoms with Gasteiger partial charge in [-0.1, -0.05) is 17.7 Å². The molecule has 1 atom stereocenters. The van der Waals surface area contributed by atoms with Crippen LogP contribution in [0.3, 0.4) is 0 Å². The molecule has 0 amide bonds. The van der Waals surface area contributed by atoms with Gasteiger partial charge >= 0.3 is 0 Å². The SMILES string of the molecule is Fc1nc(F)c(F)c(NC2CCc3cc(Cl)ccc32)c1F. The van der Waals surface area contributed by atoms with Crippen molar-refractivity contribution in [1.29, 1.82) is 0 Å². The fourth-order valence-electron chi connectivity index (χ4n) is 2.52. The lowest BCUT2D eigenvalue weighted by Gasteiger charge is -2.17. The van der Waals surface area contributed by atoms with Crippen molar-refractivity contribution in [2.45, 2.75) is 18.9 Å². The van der Waals surface area contributed by atoms with Gasteiger partial charge in [-0.25, -0.2) is 0 Å². The fourth-order valence-corrected chi connectivity index (χ4v) is 2.72. The molecule has 1 unspecified atom stereocenters. The molecule has 0 bridgehead atoms. The molecule has 1 aromatic carbocycles. The van der Waals surface area contributed by atoms with Crippen molar-refractivity contribution < 1.29 is 17.6 Å². The van der Waals surface area contributed by atoms with Gasteiger partial charge in [-0.15, -0.1) is 0 Å². The molecule has 1 aliphatic carbocycles. The van der Waals surface area contributed by atoms with Crippen molar-refractivity contribution in [3.63, 3.8) is 0 Å². The molecule has 3 rings (SSSR count). The fraction of sp³-hybridized carbons (Fsp3) is 0.214. The van der Waals surface area contributed by atoms with E-state index in [9.17, 15) is 17.6 Å². The van der Waals surface area contributed by atoms with E-state index in [-0.39, 0.29) is 0 Å². The predicted molar refractivity (Wildman–Crippen MR) is 70.2 cm³/mol. The molecular formula is C14H9ClF4N2. The third-order valence-corrected chi connectivity index (χ3v) is 3.73. The highest BCUT2D eigenvalue weighted by Gasteiger charge is 2.27. The van der Waals surface area contributed by atoms with E-state index in [0.717, 1.165) is 11.1 Å². The second-order valence-electron chi connectivity index (χ2n) is 4.78. The first-order chi connectivity index (χ1) is 9.97. The average Bonchev–Trinajstić information content (AvgIpc) is 2.83. The van der Waals surface area contributed by atoms with Crippen LogP contribution in [0.4, 0.5) is 23.2 Å². The molecular weight excluding hydrogens is 308 g/mol. The highest BCUT2D eigenvalue weighted by molar-refractivity contribution is 6.30. The summed E-state index contributed by atoms with van der Waals surface area (Å²) in [5, 5.41) is 3.08. The molecule has 2 nitrogen and oxygen atoms in total. The number of nitrogens with one attached hydrogen (secondary N) is 1. The van der Waals surface area contributed by atoms with E-state index in [0.29, 0.717) is 17.9 Å². The molecule has 0 aliphatic heterocycles. The summed E-state index contributed by atoms with van der Waals surface area (Å²) in [5.74, 6) is -6.41. The highest BCUT2D eigenvalue weighted by Crippen LogP contribution is 2.36. The Kier molecular flexibility index (Phi) is 3.49. The minimum atomic E-state index is -1.68. The Balaban J connectivity index is 1.97. The summed E-state index contributed by atoms with van der Waals surface area (Å²) in [6, 6.07) is 4.70. The van der Waals surface area contributed by atoms with Crippen LogP contribution in [0.15, 0.2) is 18.2 Å². The molecule has 0 radical (unpaired) electrons. The van der Waals surface area contributed by atoms with Crippen molar-refractivity contribution in [1.82, 2.24) is 4.98 Å². The van der Waals surface area contributed by atoms with Gasteiger partial charge in [0.15, 0.2) is 0 Å². The van der Waals surface area contributed by atoms with Crippen LogP contribution >= 0.6 is 11.6 Å². The first-order valence-corrected chi connectivity index (χ1v) is 6.60. The summed E-state index contributed by atoms with van der Waals surface area (Å²) in [5.41, 5.74) is 0.902. The van der Waals surface area contributed by atoms with E-state index < -0.39 is 35.3 Å². The lowest BCUT2D eigenvalue weighted by Crippen LogP contribution is -2.13. The summed E-state index contributed by atoms with van der Waals surface area (Å²) in [4.78, 5) is 2.52. The van der Waals surface area contributed by atoms with Crippen LogP contribution in [-0.4, -0.2) is 4.98 Å². The van der Waals surface area contributed by atoms with Gasteiger partial charge in [-0.3, -0.25) is 0 Å². The number of hydrogen-bond donors (Lipinski definition) is 1. The molecule has 21 heavy (non-hydrogen) atoms. The number of hydrogen-bond acceptors (Lipinski definition) is 2. The second-order valence-corrected chi connectivity index (χ2v) is 5.21. The van der Waals surface area contributed by atoms with Gasteiger partial charge in [0, 0.05) is 5.02 Å². The Hall–Kier alpha value is -1.82. The van der Waals surface area contributed by atoms with Gasteiger partial charge in [0.25, 0.3) is 11.9 Å². The Morgan fingerprint density at radius 3 is 2.43 bits per heavy atom. The number of fused-ring (bicyclic) bond motifs is 1. The Bertz CT molecular complexity index is 694. The second kappa shape index (κ2) is 5.18. The first-order valence-electron chi connectivity index (χ1n) is 6.22. The quantitative estimate of drug-likeness (QED) is 0.656. The van der Waals surface area contributed by atoms with Gasteiger partial charge < -0.3 is 5.32 Å². The number of rotatable bonds is 2. The van der Waals surface area contributed by atoms with E-state index >= 15 is 0 Å². The van der Waals surface area contributed by atoms with Crippen molar-refractivity contribution in [3.05, 3.63) is 57.9 Å². The Morgan fingerprint density at radius 1 is 1.10 bits per heavy atom. The van der Waals surface area contributed by atoms with E-state index in [2.05, 4.69) is 10.3 Å². The third-order valence-electron chi connectivity index (χ3n) is 3.50. The molecule has 0 fully saturated rings. The minimum Gasteiger partial charge on any atom is -0.373 e. The van der Waals surface area contributed by atoms with Crippen LogP contribution in [0, 0.1) is 23.5 Å². The Labute approximate surface area is 122 Å². The van der Waals surface area contributed by atoms with Gasteiger partial charge in [0.1, 0.15) is 5.69 Å². The third kappa shape index (κ3) is 2.44. The average molecular weight is 317 g/mol. The van der Waals surface area contributed by atoms with Crippen molar-refractivity contribution >= 4 is 17.3 Å². The molecule has 110 valence electrons. The number of benzene rings is 1. The van der Waals surface area contributed by atoms with Gasteiger partial charge in [-0.2, -0.15) is 22.5 Å². The van der Waals surface area contributed by atoms with E-state index in [1.54, 1.807) is 18.2 Å². The molecule has 0 saturated carbocycles. The highest BCUT2D eigenvalue weighted by atomic mass is 35.5. The van der Waals surface area contributed by atoms with Gasteiger partial charge in [-0.05, 0) is 36.1 Å². The van der Waals surface area contributed by atoms with E-state index in [1.165, 1.54) is 0 Å². The zero-order valence-electron chi connectivity index (χ0n) is 10.6. The summed E-state index contributed by atoms with van der Waals surface area (Å²) >= 11 is 5.88. The van der Waals surface area contributed by atoms with Crippen molar-refractivity contribution in [2.75, 3.05) is 5.32 Å². The molecule has 1 N–H and O–H groups in total. The number of aryl methyl sites for hydroxylation is 1.